The molecule has 1 fully saturated rings. The van der Waals surface area contributed by atoms with Gasteiger partial charge in [-0.25, -0.2) is 10.9 Å². The highest BCUT2D eigenvalue weighted by Crippen LogP contribution is 2.54. The standard InChI is InChI=1S/C9H14S3/c1-4-10-7-11(5-2)9-12(6-3)8-10/h1-2,6,10-12H,3,7-9H2. The van der Waals surface area contributed by atoms with E-state index in [4.69, 9.17) is 12.8 Å². The van der Waals surface area contributed by atoms with E-state index < -0.39 is 0 Å². The predicted octanol–water partition coefficient (Wildman–Crippen LogP) is 2.20. The molecule has 1 heterocycles. The van der Waals surface area contributed by atoms with Crippen LogP contribution in [0.4, 0.5) is 0 Å². The van der Waals surface area contributed by atoms with Crippen LogP contribution < -0.4 is 0 Å². The third-order valence-corrected chi connectivity index (χ3v) is 11.3. The molecule has 0 amide bonds. The van der Waals surface area contributed by atoms with E-state index in [0.717, 1.165) is 5.08 Å². The van der Waals surface area contributed by atoms with Gasteiger partial charge in [0.2, 0.25) is 0 Å². The lowest BCUT2D eigenvalue weighted by Crippen LogP contribution is -2.04. The van der Waals surface area contributed by atoms with Gasteiger partial charge in [-0.05, 0) is 0 Å². The molecule has 3 heteroatoms. The molecule has 0 radical (unpaired) electrons. The Labute approximate surface area is 83.2 Å². The van der Waals surface area contributed by atoms with E-state index in [2.05, 4.69) is 22.5 Å². The number of thiol groups is 3. The van der Waals surface area contributed by atoms with E-state index in [-0.39, 0.29) is 32.7 Å². The van der Waals surface area contributed by atoms with Gasteiger partial charge in [0.15, 0.2) is 0 Å². The molecule has 0 nitrogen and oxygen atoms in total. The van der Waals surface area contributed by atoms with Gasteiger partial charge in [0.05, 0.1) is 0 Å². The first-order chi connectivity index (χ1) is 5.80. The van der Waals surface area contributed by atoms with Crippen LogP contribution in [0.5, 0.6) is 0 Å². The average Bonchev–Trinajstić information content (AvgIpc) is 2.16. The van der Waals surface area contributed by atoms with Gasteiger partial charge >= 0.3 is 0 Å². The normalized spacial score (nSPS) is 43.7. The van der Waals surface area contributed by atoms with Crippen LogP contribution in [0, 0.1) is 23.4 Å². The van der Waals surface area contributed by atoms with E-state index in [0.29, 0.717) is 0 Å². The van der Waals surface area contributed by atoms with Crippen molar-refractivity contribution in [1.82, 2.24) is 0 Å². The van der Waals surface area contributed by atoms with Gasteiger partial charge in [-0.2, -0.15) is 21.8 Å². The summed E-state index contributed by atoms with van der Waals surface area (Å²) in [6.07, 6.45) is 10.9. The van der Waals surface area contributed by atoms with Crippen molar-refractivity contribution in [1.29, 1.82) is 0 Å². The van der Waals surface area contributed by atoms with Crippen molar-refractivity contribution < 1.29 is 0 Å². The SMILES string of the molecule is C#C[SH]1C[SH](C#C)C[SH](C=C)C1. The Kier molecular flexibility index (Phi) is 4.01. The largest absolute Gasteiger partial charge is 0.217 e. The maximum Gasteiger partial charge on any atom is 0.0241 e. The van der Waals surface area contributed by atoms with E-state index >= 15 is 0 Å². The lowest BCUT2D eigenvalue weighted by atomic mass is 11.3. The maximum atomic E-state index is 5.43. The molecular weight excluding hydrogens is 204 g/mol. The molecule has 0 bridgehead atoms. The van der Waals surface area contributed by atoms with Gasteiger partial charge in [-0.1, -0.05) is 22.5 Å². The zero-order valence-corrected chi connectivity index (χ0v) is 9.59. The van der Waals surface area contributed by atoms with Crippen molar-refractivity contribution in [3.05, 3.63) is 12.0 Å². The molecule has 2 atom stereocenters. The third kappa shape index (κ3) is 2.45. The van der Waals surface area contributed by atoms with Crippen LogP contribution in [0.2, 0.25) is 0 Å². The maximum absolute atomic E-state index is 5.43. The van der Waals surface area contributed by atoms with Crippen LogP contribution in [0.25, 0.3) is 0 Å². The lowest BCUT2D eigenvalue weighted by molar-refractivity contribution is 1.95. The summed E-state index contributed by atoms with van der Waals surface area (Å²) >= 11 is 0. The number of hydrogen-bond acceptors (Lipinski definition) is 0. The van der Waals surface area contributed by atoms with Crippen LogP contribution in [0.3, 0.4) is 0 Å². The summed E-state index contributed by atoms with van der Waals surface area (Å²) in [6.45, 7) is 3.83. The summed E-state index contributed by atoms with van der Waals surface area (Å²) in [5, 5.41) is 11.4. The molecule has 0 saturated carbocycles. The Bertz CT molecular complexity index is 223. The second-order valence-corrected chi connectivity index (χ2v) is 10.1. The van der Waals surface area contributed by atoms with Gasteiger partial charge < -0.3 is 0 Å². The molecule has 1 rings (SSSR count). The molecule has 0 N–H and O–H groups in total. The van der Waals surface area contributed by atoms with Crippen molar-refractivity contribution in [3.8, 4) is 23.4 Å². The highest BCUT2D eigenvalue weighted by atomic mass is 32.3. The van der Waals surface area contributed by atoms with Crippen molar-refractivity contribution >= 4 is 32.7 Å². The van der Waals surface area contributed by atoms with Crippen molar-refractivity contribution in [3.63, 3.8) is 0 Å². The number of hydrogen-bond donors (Lipinski definition) is 3. The quantitative estimate of drug-likeness (QED) is 0.436. The molecule has 12 heavy (non-hydrogen) atoms. The highest BCUT2D eigenvalue weighted by molar-refractivity contribution is 8.51. The zero-order chi connectivity index (χ0) is 8.97. The third-order valence-electron chi connectivity index (χ3n) is 1.67. The van der Waals surface area contributed by atoms with Gasteiger partial charge in [0.25, 0.3) is 0 Å². The van der Waals surface area contributed by atoms with Crippen LogP contribution >= 0.6 is 32.7 Å². The Hall–Kier alpha value is -0.0900. The fourth-order valence-electron chi connectivity index (χ4n) is 1.06. The smallest absolute Gasteiger partial charge is 0.0241 e. The summed E-state index contributed by atoms with van der Waals surface area (Å²) in [7, 11) is -0.400. The van der Waals surface area contributed by atoms with Crippen molar-refractivity contribution in [2.45, 2.75) is 0 Å². The van der Waals surface area contributed by atoms with Gasteiger partial charge in [-0.3, -0.25) is 0 Å². The van der Waals surface area contributed by atoms with Crippen molar-refractivity contribution in [2.24, 2.45) is 0 Å². The summed E-state index contributed by atoms with van der Waals surface area (Å²) in [5.74, 6) is 0. The summed E-state index contributed by atoms with van der Waals surface area (Å²) in [4.78, 5) is 0. The molecule has 1 saturated heterocycles. The Morgan fingerprint density at radius 3 is 1.92 bits per heavy atom. The van der Waals surface area contributed by atoms with Gasteiger partial charge in [0, 0.05) is 15.3 Å². The summed E-state index contributed by atoms with van der Waals surface area (Å²) in [5.41, 5.74) is 0. The van der Waals surface area contributed by atoms with Crippen LogP contribution in [0.1, 0.15) is 0 Å². The van der Waals surface area contributed by atoms with Gasteiger partial charge in [0.1, 0.15) is 0 Å². The van der Waals surface area contributed by atoms with E-state index in [9.17, 15) is 0 Å². The molecule has 1 aliphatic heterocycles. The van der Waals surface area contributed by atoms with E-state index in [1.165, 1.54) is 10.2 Å². The molecule has 2 unspecified atom stereocenters. The molecule has 0 aromatic heterocycles. The van der Waals surface area contributed by atoms with Crippen LogP contribution in [0.15, 0.2) is 12.0 Å². The minimum atomic E-state index is -0.188. The molecule has 0 spiro atoms. The Balaban J connectivity index is 2.61. The Morgan fingerprint density at radius 1 is 1.08 bits per heavy atom. The van der Waals surface area contributed by atoms with E-state index in [1.54, 1.807) is 0 Å². The molecule has 1 aliphatic rings. The average molecular weight is 218 g/mol. The van der Waals surface area contributed by atoms with E-state index in [1.807, 2.05) is 0 Å². The first-order valence-electron chi connectivity index (χ1n) is 3.59. The monoisotopic (exact) mass is 218 g/mol. The topological polar surface area (TPSA) is 0 Å². The molecule has 0 aromatic rings. The first kappa shape index (κ1) is 9.99. The molecule has 0 aliphatic carbocycles. The fraction of sp³-hybridized carbons (Fsp3) is 0.333. The van der Waals surface area contributed by atoms with Gasteiger partial charge in [-0.15, -0.1) is 12.8 Å². The molecule has 68 valence electrons. The zero-order valence-electron chi connectivity index (χ0n) is 6.90. The van der Waals surface area contributed by atoms with Crippen LogP contribution in [-0.2, 0) is 0 Å². The second-order valence-electron chi connectivity index (χ2n) is 2.53. The second kappa shape index (κ2) is 4.82. The Morgan fingerprint density at radius 2 is 1.58 bits per heavy atom. The fourth-order valence-corrected chi connectivity index (χ4v) is 11.9. The van der Waals surface area contributed by atoms with Crippen molar-refractivity contribution in [2.75, 3.05) is 15.3 Å². The number of terminal acetylenes is 2. The summed E-state index contributed by atoms with van der Waals surface area (Å²) < 4.78 is 0. The minimum Gasteiger partial charge on any atom is -0.217 e. The number of rotatable bonds is 1. The highest BCUT2D eigenvalue weighted by Gasteiger charge is 2.17. The van der Waals surface area contributed by atoms with Crippen LogP contribution in [-0.4, -0.2) is 15.3 Å². The summed E-state index contributed by atoms with van der Waals surface area (Å²) in [6, 6.07) is 0. The molecular formula is C9H14S3. The predicted molar refractivity (Wildman–Crippen MR) is 69.4 cm³/mol. The minimum absolute atomic E-state index is 0.0233. The lowest BCUT2D eigenvalue weighted by Gasteiger charge is -2.35. The molecule has 0 aromatic carbocycles. The first-order valence-corrected chi connectivity index (χ1v) is 8.79.